The van der Waals surface area contributed by atoms with Crippen LogP contribution in [0.4, 0.5) is 0 Å². The van der Waals surface area contributed by atoms with Crippen LogP contribution in [0.1, 0.15) is 51.7 Å². The van der Waals surface area contributed by atoms with Crippen LogP contribution in [0.2, 0.25) is 0 Å². The molecule has 0 aromatic heterocycles. The van der Waals surface area contributed by atoms with Gasteiger partial charge in [-0.3, -0.25) is 10.6 Å². The molecular formula is C23H30Br2N2. The van der Waals surface area contributed by atoms with Crippen LogP contribution in [0.5, 0.6) is 0 Å². The predicted molar refractivity (Wildman–Crippen MR) is 123 cm³/mol. The molecule has 0 unspecified atom stereocenters. The zero-order chi connectivity index (χ0) is 19.6. The molecule has 0 amide bonds. The number of fused-ring (bicyclic) bond motifs is 3. The minimum atomic E-state index is -0.345. The third-order valence-corrected chi connectivity index (χ3v) is 6.27. The van der Waals surface area contributed by atoms with Gasteiger partial charge in [0.2, 0.25) is 0 Å². The quantitative estimate of drug-likeness (QED) is 0.401. The summed E-state index contributed by atoms with van der Waals surface area (Å²) in [5, 5.41) is 7.83. The fourth-order valence-corrected chi connectivity index (χ4v) is 4.53. The third-order valence-electron chi connectivity index (χ3n) is 5.29. The average Bonchev–Trinajstić information content (AvgIpc) is 2.84. The summed E-state index contributed by atoms with van der Waals surface area (Å²) in [5.41, 5.74) is 4.92. The molecule has 0 heterocycles. The van der Waals surface area contributed by atoms with E-state index in [0.717, 1.165) is 34.9 Å². The summed E-state index contributed by atoms with van der Waals surface area (Å²) >= 11 is 7.39. The van der Waals surface area contributed by atoms with Crippen molar-refractivity contribution < 1.29 is 0 Å². The number of nitrogens with one attached hydrogen (secondary N) is 2. The molecule has 0 bridgehead atoms. The molecule has 0 radical (unpaired) electrons. The molecule has 0 spiro atoms. The smallest absolute Gasteiger partial charge is 0.123 e. The van der Waals surface area contributed by atoms with Crippen LogP contribution in [0.25, 0.3) is 11.1 Å². The van der Waals surface area contributed by atoms with E-state index in [-0.39, 0.29) is 5.66 Å². The largest absolute Gasteiger partial charge is 0.292 e. The maximum absolute atomic E-state index is 3.91. The molecule has 1 aliphatic carbocycles. The lowest BCUT2D eigenvalue weighted by Gasteiger charge is -2.35. The van der Waals surface area contributed by atoms with Gasteiger partial charge in [0, 0.05) is 20.1 Å². The third kappa shape index (κ3) is 4.50. The van der Waals surface area contributed by atoms with E-state index < -0.39 is 0 Å². The van der Waals surface area contributed by atoms with Crippen molar-refractivity contribution in [1.29, 1.82) is 0 Å². The number of halogens is 2. The molecule has 2 aromatic rings. The van der Waals surface area contributed by atoms with E-state index in [1.165, 1.54) is 22.3 Å². The van der Waals surface area contributed by atoms with Crippen LogP contribution in [-0.4, -0.2) is 13.1 Å². The summed E-state index contributed by atoms with van der Waals surface area (Å²) in [6.45, 7) is 11.1. The first-order valence-corrected chi connectivity index (χ1v) is 11.5. The van der Waals surface area contributed by atoms with Crippen LogP contribution in [0.3, 0.4) is 0 Å². The van der Waals surface area contributed by atoms with E-state index in [1.54, 1.807) is 0 Å². The van der Waals surface area contributed by atoms with Gasteiger partial charge in [0.05, 0.1) is 0 Å². The van der Waals surface area contributed by atoms with Gasteiger partial charge < -0.3 is 0 Å². The van der Waals surface area contributed by atoms with Crippen LogP contribution in [-0.2, 0) is 5.66 Å². The number of hydrogen-bond acceptors (Lipinski definition) is 2. The highest BCUT2D eigenvalue weighted by Gasteiger charge is 2.42. The molecule has 0 saturated carbocycles. The Bertz CT molecular complexity index is 731. The van der Waals surface area contributed by atoms with Crippen molar-refractivity contribution in [2.75, 3.05) is 13.1 Å². The molecule has 3 rings (SSSR count). The Morgan fingerprint density at radius 3 is 1.52 bits per heavy atom. The van der Waals surface area contributed by atoms with E-state index in [0.29, 0.717) is 11.8 Å². The fraction of sp³-hybridized carbons (Fsp3) is 0.478. The van der Waals surface area contributed by atoms with E-state index in [9.17, 15) is 0 Å². The minimum absolute atomic E-state index is 0.345. The predicted octanol–water partition coefficient (Wildman–Crippen LogP) is 6.66. The second-order valence-electron chi connectivity index (χ2n) is 8.35. The van der Waals surface area contributed by atoms with Crippen LogP contribution >= 0.6 is 31.9 Å². The van der Waals surface area contributed by atoms with Crippen LogP contribution < -0.4 is 10.6 Å². The first kappa shape index (κ1) is 21.0. The standard InChI is InChI=1S/C23H30Br2N2/c1-15(2)9-11-26-23(27-12-10-16(3)4)21-13-17(24)5-7-19(21)20-8-6-18(25)14-22(20)23/h5-8,13-16,26-27H,9-12H2,1-4H3. The van der Waals surface area contributed by atoms with Gasteiger partial charge in [-0.25, -0.2) is 0 Å². The fourth-order valence-electron chi connectivity index (χ4n) is 3.81. The Balaban J connectivity index is 2.08. The molecule has 4 heteroatoms. The molecule has 27 heavy (non-hydrogen) atoms. The van der Waals surface area contributed by atoms with Gasteiger partial charge in [0.15, 0.2) is 0 Å². The molecule has 2 nitrogen and oxygen atoms in total. The SMILES string of the molecule is CC(C)CCNC1(NCCC(C)C)c2cc(Br)ccc2-c2ccc(Br)cc21. The maximum atomic E-state index is 3.91. The summed E-state index contributed by atoms with van der Waals surface area (Å²) in [5.74, 6) is 1.35. The molecule has 0 atom stereocenters. The van der Waals surface area contributed by atoms with Crippen LogP contribution in [0, 0.1) is 11.8 Å². The number of rotatable bonds is 8. The second kappa shape index (κ2) is 8.77. The Hall–Kier alpha value is -0.680. The van der Waals surface area contributed by atoms with Gasteiger partial charge in [-0.15, -0.1) is 0 Å². The van der Waals surface area contributed by atoms with Crippen molar-refractivity contribution in [2.45, 2.75) is 46.2 Å². The highest BCUT2D eigenvalue weighted by Crippen LogP contribution is 2.47. The van der Waals surface area contributed by atoms with Gasteiger partial charge in [-0.2, -0.15) is 0 Å². The van der Waals surface area contributed by atoms with Gasteiger partial charge in [-0.1, -0.05) is 71.7 Å². The number of hydrogen-bond donors (Lipinski definition) is 2. The average molecular weight is 494 g/mol. The summed E-state index contributed by atoms with van der Waals surface area (Å²) in [6, 6.07) is 13.3. The van der Waals surface area contributed by atoms with Crippen molar-refractivity contribution in [3.8, 4) is 11.1 Å². The second-order valence-corrected chi connectivity index (χ2v) is 10.2. The van der Waals surface area contributed by atoms with Gasteiger partial charge in [0.25, 0.3) is 0 Å². The Labute approximate surface area is 180 Å². The zero-order valence-electron chi connectivity index (χ0n) is 16.7. The van der Waals surface area contributed by atoms with Crippen molar-refractivity contribution in [2.24, 2.45) is 11.8 Å². The highest BCUT2D eigenvalue weighted by atomic mass is 79.9. The van der Waals surface area contributed by atoms with Crippen LogP contribution in [0.15, 0.2) is 45.3 Å². The normalized spacial score (nSPS) is 14.7. The van der Waals surface area contributed by atoms with E-state index in [4.69, 9.17) is 0 Å². The Kier molecular flexibility index (Phi) is 6.83. The highest BCUT2D eigenvalue weighted by molar-refractivity contribution is 9.10. The molecule has 146 valence electrons. The van der Waals surface area contributed by atoms with E-state index in [1.807, 2.05) is 0 Å². The minimum Gasteiger partial charge on any atom is -0.292 e. The molecular weight excluding hydrogens is 464 g/mol. The topological polar surface area (TPSA) is 24.1 Å². The van der Waals surface area contributed by atoms with Crippen molar-refractivity contribution in [3.05, 3.63) is 56.5 Å². The molecule has 2 aromatic carbocycles. The van der Waals surface area contributed by atoms with Crippen molar-refractivity contribution in [1.82, 2.24) is 10.6 Å². The molecule has 0 saturated heterocycles. The van der Waals surface area contributed by atoms with Crippen molar-refractivity contribution in [3.63, 3.8) is 0 Å². The molecule has 1 aliphatic rings. The maximum Gasteiger partial charge on any atom is 0.123 e. The summed E-state index contributed by atoms with van der Waals surface area (Å²) in [6.07, 6.45) is 2.31. The lowest BCUT2D eigenvalue weighted by atomic mass is 9.95. The van der Waals surface area contributed by atoms with Gasteiger partial charge in [0.1, 0.15) is 5.66 Å². The molecule has 0 aliphatic heterocycles. The van der Waals surface area contributed by atoms with Gasteiger partial charge >= 0.3 is 0 Å². The van der Waals surface area contributed by atoms with Gasteiger partial charge in [-0.05, 0) is 73.2 Å². The first-order valence-electron chi connectivity index (χ1n) is 9.94. The van der Waals surface area contributed by atoms with Crippen molar-refractivity contribution >= 4 is 31.9 Å². The van der Waals surface area contributed by atoms with E-state index in [2.05, 4.69) is 107 Å². The Morgan fingerprint density at radius 1 is 0.741 bits per heavy atom. The Morgan fingerprint density at radius 2 is 1.15 bits per heavy atom. The first-order chi connectivity index (χ1) is 12.8. The molecule has 2 N–H and O–H groups in total. The zero-order valence-corrected chi connectivity index (χ0v) is 19.9. The summed E-state index contributed by atoms with van der Waals surface area (Å²) < 4.78 is 2.24. The lowest BCUT2D eigenvalue weighted by molar-refractivity contribution is 0.308. The molecule has 0 fully saturated rings. The monoisotopic (exact) mass is 492 g/mol. The van der Waals surface area contributed by atoms with E-state index >= 15 is 0 Å². The summed E-state index contributed by atoms with van der Waals surface area (Å²) in [7, 11) is 0. The lowest BCUT2D eigenvalue weighted by Crippen LogP contribution is -2.54. The number of benzene rings is 2. The summed E-state index contributed by atoms with van der Waals surface area (Å²) in [4.78, 5) is 0.